The number of carbonyl (C=O) groups excluding carboxylic acids is 2. The van der Waals surface area contributed by atoms with E-state index >= 15 is 0 Å². The first-order valence-electron chi connectivity index (χ1n) is 7.35. The fourth-order valence-electron chi connectivity index (χ4n) is 2.02. The molecule has 1 fully saturated rings. The number of hydrogen-bond acceptors (Lipinski definition) is 4. The smallest absolute Gasteiger partial charge is 0.387 e. The van der Waals surface area contributed by atoms with E-state index in [9.17, 15) is 18.4 Å². The minimum absolute atomic E-state index is 0.00495. The lowest BCUT2D eigenvalue weighted by Gasteiger charge is -2.16. The molecule has 1 aromatic carbocycles. The van der Waals surface area contributed by atoms with Gasteiger partial charge in [-0.2, -0.15) is 8.78 Å². The summed E-state index contributed by atoms with van der Waals surface area (Å²) in [4.78, 5) is 25.1. The lowest BCUT2D eigenvalue weighted by molar-refractivity contribution is -0.123. The highest BCUT2D eigenvalue weighted by molar-refractivity contribution is 6.32. The van der Waals surface area contributed by atoms with Crippen LogP contribution in [0.2, 0.25) is 5.02 Å². The Morgan fingerprint density at radius 2 is 2.00 bits per heavy atom. The Hall–Kier alpha value is -1.93. The Bertz CT molecular complexity index is 612. The largest absolute Gasteiger partial charge is 0.433 e. The lowest BCUT2D eigenvalue weighted by atomic mass is 10.3. The van der Waals surface area contributed by atoms with E-state index in [0.29, 0.717) is 5.69 Å². The minimum Gasteiger partial charge on any atom is -0.433 e. The second-order valence-corrected chi connectivity index (χ2v) is 5.99. The average Bonchev–Trinajstić information content (AvgIpc) is 3.24. The summed E-state index contributed by atoms with van der Waals surface area (Å²) in [6, 6.07) is 4.24. The normalized spacial score (nSPS) is 13.9. The summed E-state index contributed by atoms with van der Waals surface area (Å²) in [5.41, 5.74) is 0.349. The van der Waals surface area contributed by atoms with Gasteiger partial charge in [-0.1, -0.05) is 11.6 Å². The van der Waals surface area contributed by atoms with Crippen LogP contribution in [-0.4, -0.2) is 49.5 Å². The van der Waals surface area contributed by atoms with Gasteiger partial charge in [0.25, 0.3) is 0 Å². The van der Waals surface area contributed by atoms with Crippen molar-refractivity contribution in [3.63, 3.8) is 0 Å². The third-order valence-electron chi connectivity index (χ3n) is 3.20. The molecule has 0 spiro atoms. The van der Waals surface area contributed by atoms with Crippen molar-refractivity contribution in [3.8, 4) is 5.75 Å². The topological polar surface area (TPSA) is 70.7 Å². The number of nitrogens with one attached hydrogen (secondary N) is 2. The molecule has 2 N–H and O–H groups in total. The molecule has 0 bridgehead atoms. The number of nitrogens with zero attached hydrogens (tertiary/aromatic N) is 1. The summed E-state index contributed by atoms with van der Waals surface area (Å²) in [5.74, 6) is -0.641. The van der Waals surface area contributed by atoms with Gasteiger partial charge in [0.05, 0.1) is 18.1 Å². The fourth-order valence-corrected chi connectivity index (χ4v) is 2.24. The Morgan fingerprint density at radius 1 is 1.33 bits per heavy atom. The van der Waals surface area contributed by atoms with Crippen LogP contribution in [0.25, 0.3) is 0 Å². The molecule has 0 saturated heterocycles. The number of ether oxygens (including phenoxy) is 1. The van der Waals surface area contributed by atoms with Crippen LogP contribution in [0.5, 0.6) is 5.75 Å². The van der Waals surface area contributed by atoms with Gasteiger partial charge in [0.2, 0.25) is 11.8 Å². The molecule has 0 aliphatic heterocycles. The molecule has 1 aliphatic carbocycles. The summed E-state index contributed by atoms with van der Waals surface area (Å²) >= 11 is 5.81. The van der Waals surface area contributed by atoms with Crippen molar-refractivity contribution in [2.24, 2.45) is 0 Å². The van der Waals surface area contributed by atoms with Gasteiger partial charge in [0.1, 0.15) is 5.75 Å². The molecule has 0 aromatic heterocycles. The summed E-state index contributed by atoms with van der Waals surface area (Å²) in [5, 5.41) is 5.38. The molecule has 0 heterocycles. The van der Waals surface area contributed by atoms with Crippen LogP contribution in [0.4, 0.5) is 14.5 Å². The second-order valence-electron chi connectivity index (χ2n) is 5.59. The highest BCUT2D eigenvalue weighted by atomic mass is 35.5. The lowest BCUT2D eigenvalue weighted by Crippen LogP contribution is -2.39. The first kappa shape index (κ1) is 18.4. The van der Waals surface area contributed by atoms with Gasteiger partial charge < -0.3 is 15.4 Å². The third kappa shape index (κ3) is 6.29. The Morgan fingerprint density at radius 3 is 2.58 bits per heavy atom. The first-order valence-corrected chi connectivity index (χ1v) is 7.73. The molecule has 132 valence electrons. The number of halogens is 3. The van der Waals surface area contributed by atoms with Crippen LogP contribution in [0, 0.1) is 0 Å². The average molecular weight is 362 g/mol. The van der Waals surface area contributed by atoms with Crippen molar-refractivity contribution in [2.45, 2.75) is 25.5 Å². The number of anilines is 1. The van der Waals surface area contributed by atoms with Crippen LogP contribution in [0.3, 0.4) is 0 Å². The van der Waals surface area contributed by atoms with Gasteiger partial charge in [-0.15, -0.1) is 0 Å². The predicted octanol–water partition coefficient (Wildman–Crippen LogP) is 2.09. The monoisotopic (exact) mass is 361 g/mol. The van der Waals surface area contributed by atoms with Crippen molar-refractivity contribution in [2.75, 3.05) is 25.5 Å². The molecule has 6 nitrogen and oxygen atoms in total. The molecule has 0 unspecified atom stereocenters. The van der Waals surface area contributed by atoms with Crippen LogP contribution in [0.1, 0.15) is 12.8 Å². The van der Waals surface area contributed by atoms with Crippen molar-refractivity contribution in [1.82, 2.24) is 10.2 Å². The quantitative estimate of drug-likeness (QED) is 0.744. The Kier molecular flexibility index (Phi) is 6.33. The van der Waals surface area contributed by atoms with Gasteiger partial charge in [-0.05, 0) is 38.1 Å². The zero-order chi connectivity index (χ0) is 17.7. The summed E-state index contributed by atoms with van der Waals surface area (Å²) in [7, 11) is 1.65. The van der Waals surface area contributed by atoms with Gasteiger partial charge in [0, 0.05) is 11.7 Å². The van der Waals surface area contributed by atoms with E-state index in [1.54, 1.807) is 11.9 Å². The number of alkyl halides is 2. The van der Waals surface area contributed by atoms with Crippen molar-refractivity contribution in [1.29, 1.82) is 0 Å². The highest BCUT2D eigenvalue weighted by Crippen LogP contribution is 2.28. The van der Waals surface area contributed by atoms with E-state index in [0.717, 1.165) is 12.8 Å². The van der Waals surface area contributed by atoms with Crippen LogP contribution in [0.15, 0.2) is 18.2 Å². The number of rotatable bonds is 8. The molecular weight excluding hydrogens is 344 g/mol. The molecule has 0 atom stereocenters. The maximum Gasteiger partial charge on any atom is 0.387 e. The number of carbonyl (C=O) groups is 2. The van der Waals surface area contributed by atoms with E-state index < -0.39 is 6.61 Å². The zero-order valence-corrected chi connectivity index (χ0v) is 13.8. The van der Waals surface area contributed by atoms with E-state index in [4.69, 9.17) is 11.6 Å². The summed E-state index contributed by atoms with van der Waals surface area (Å²) in [6.07, 6.45) is 2.00. The third-order valence-corrected chi connectivity index (χ3v) is 3.50. The number of benzene rings is 1. The van der Waals surface area contributed by atoms with Gasteiger partial charge in [0.15, 0.2) is 0 Å². The molecule has 1 aromatic rings. The molecule has 24 heavy (non-hydrogen) atoms. The molecule has 9 heteroatoms. The molecule has 2 amide bonds. The maximum absolute atomic E-state index is 12.2. The second kappa shape index (κ2) is 8.25. The summed E-state index contributed by atoms with van der Waals surface area (Å²) in [6.45, 7) is -2.85. The minimum atomic E-state index is -2.97. The molecule has 2 rings (SSSR count). The van der Waals surface area contributed by atoms with Crippen molar-refractivity contribution >= 4 is 29.1 Å². The summed E-state index contributed by atoms with van der Waals surface area (Å²) < 4.78 is 28.5. The zero-order valence-electron chi connectivity index (χ0n) is 13.0. The SMILES string of the molecule is CN(CC(=O)Nc1ccc(OC(F)F)c(Cl)c1)CC(=O)NC1CC1. The first-order chi connectivity index (χ1) is 11.3. The van der Waals surface area contributed by atoms with E-state index in [-0.39, 0.29) is 41.7 Å². The van der Waals surface area contributed by atoms with E-state index in [1.807, 2.05) is 0 Å². The molecular formula is C15H18ClF2N3O3. The van der Waals surface area contributed by atoms with Crippen LogP contribution >= 0.6 is 11.6 Å². The maximum atomic E-state index is 12.2. The van der Waals surface area contributed by atoms with E-state index in [2.05, 4.69) is 15.4 Å². The van der Waals surface area contributed by atoms with Gasteiger partial charge in [-0.3, -0.25) is 14.5 Å². The van der Waals surface area contributed by atoms with Crippen molar-refractivity contribution < 1.29 is 23.1 Å². The Balaban J connectivity index is 1.80. The van der Waals surface area contributed by atoms with Crippen LogP contribution in [-0.2, 0) is 9.59 Å². The number of amides is 2. The predicted molar refractivity (Wildman–Crippen MR) is 85.4 cm³/mol. The van der Waals surface area contributed by atoms with Gasteiger partial charge >= 0.3 is 6.61 Å². The van der Waals surface area contributed by atoms with E-state index in [1.165, 1.54) is 18.2 Å². The van der Waals surface area contributed by atoms with Gasteiger partial charge in [-0.25, -0.2) is 0 Å². The fraction of sp³-hybridized carbons (Fsp3) is 0.467. The molecule has 1 aliphatic rings. The van der Waals surface area contributed by atoms with Crippen LogP contribution < -0.4 is 15.4 Å². The Labute approximate surface area is 143 Å². The molecule has 0 radical (unpaired) electrons. The molecule has 1 saturated carbocycles. The van der Waals surface area contributed by atoms with Crippen molar-refractivity contribution in [3.05, 3.63) is 23.2 Å². The standard InChI is InChI=1S/C15H18ClF2N3O3/c1-21(7-13(22)19-9-2-3-9)8-14(23)20-10-4-5-12(11(16)6-10)24-15(17)18/h4-6,9,15H,2-3,7-8H2,1H3,(H,19,22)(H,20,23). The number of hydrogen-bond donors (Lipinski definition) is 2. The highest BCUT2D eigenvalue weighted by Gasteiger charge is 2.23. The number of likely N-dealkylation sites (N-methyl/N-ethyl adjacent to an activating group) is 1.